The standard InChI is InChI=1S/C16H18BrN3O3S/c1-23-6-5-18-15(22)9-19-14(21)8-13-10-24-16(20-13)11-3-2-4-12(17)7-11/h2-4,7,10H,5-6,8-9H2,1H3,(H,18,22)(H,19,21). The molecule has 0 atom stereocenters. The van der Waals surface area contributed by atoms with Crippen LogP contribution in [0.5, 0.6) is 0 Å². The summed E-state index contributed by atoms with van der Waals surface area (Å²) in [6.07, 6.45) is 0.149. The number of benzene rings is 1. The lowest BCUT2D eigenvalue weighted by Crippen LogP contribution is -2.38. The second-order valence-corrected chi connectivity index (χ2v) is 6.72. The van der Waals surface area contributed by atoms with Crippen molar-refractivity contribution in [2.24, 2.45) is 0 Å². The van der Waals surface area contributed by atoms with Gasteiger partial charge in [-0.2, -0.15) is 0 Å². The van der Waals surface area contributed by atoms with E-state index in [1.54, 1.807) is 7.11 Å². The Morgan fingerprint density at radius 1 is 1.29 bits per heavy atom. The predicted octanol–water partition coefficient (Wildman–Crippen LogP) is 1.99. The third-order valence-electron chi connectivity index (χ3n) is 3.04. The minimum Gasteiger partial charge on any atom is -0.383 e. The molecule has 2 N–H and O–H groups in total. The van der Waals surface area contributed by atoms with Crippen LogP contribution in [0.3, 0.4) is 0 Å². The van der Waals surface area contributed by atoms with E-state index in [0.717, 1.165) is 15.0 Å². The van der Waals surface area contributed by atoms with Crippen LogP contribution in [-0.4, -0.2) is 43.6 Å². The normalized spacial score (nSPS) is 10.4. The van der Waals surface area contributed by atoms with Crippen molar-refractivity contribution in [2.45, 2.75) is 6.42 Å². The maximum absolute atomic E-state index is 11.9. The molecule has 2 rings (SSSR count). The number of ether oxygens (including phenoxy) is 1. The number of hydrogen-bond donors (Lipinski definition) is 2. The average Bonchev–Trinajstić information content (AvgIpc) is 3.02. The molecular formula is C16H18BrN3O3S. The molecule has 1 aromatic heterocycles. The highest BCUT2D eigenvalue weighted by molar-refractivity contribution is 9.10. The summed E-state index contributed by atoms with van der Waals surface area (Å²) in [5.74, 6) is -0.475. The van der Waals surface area contributed by atoms with E-state index in [9.17, 15) is 9.59 Å². The molecule has 0 aliphatic rings. The van der Waals surface area contributed by atoms with Crippen LogP contribution >= 0.6 is 27.3 Å². The van der Waals surface area contributed by atoms with Crippen LogP contribution < -0.4 is 10.6 Å². The molecule has 0 unspecified atom stereocenters. The minimum atomic E-state index is -0.242. The zero-order valence-corrected chi connectivity index (χ0v) is 15.6. The number of aromatic nitrogens is 1. The maximum atomic E-state index is 11.9. The molecular weight excluding hydrogens is 394 g/mol. The van der Waals surface area contributed by atoms with Crippen LogP contribution in [0, 0.1) is 0 Å². The van der Waals surface area contributed by atoms with Gasteiger partial charge in [-0.3, -0.25) is 9.59 Å². The summed E-state index contributed by atoms with van der Waals surface area (Å²) in [5, 5.41) is 7.93. The van der Waals surface area contributed by atoms with Crippen LogP contribution in [0.15, 0.2) is 34.1 Å². The summed E-state index contributed by atoms with van der Waals surface area (Å²) in [7, 11) is 1.56. The van der Waals surface area contributed by atoms with Gasteiger partial charge in [0.25, 0.3) is 0 Å². The van der Waals surface area contributed by atoms with Crippen LogP contribution in [0.25, 0.3) is 10.6 Å². The van der Waals surface area contributed by atoms with Gasteiger partial charge in [-0.15, -0.1) is 11.3 Å². The number of halogens is 1. The van der Waals surface area contributed by atoms with Gasteiger partial charge in [-0.05, 0) is 12.1 Å². The number of rotatable bonds is 8. The molecule has 0 radical (unpaired) electrons. The van der Waals surface area contributed by atoms with Gasteiger partial charge in [-0.25, -0.2) is 4.98 Å². The van der Waals surface area contributed by atoms with Crippen molar-refractivity contribution in [2.75, 3.05) is 26.8 Å². The first-order chi connectivity index (χ1) is 11.6. The minimum absolute atomic E-state index is 0.0504. The van der Waals surface area contributed by atoms with Gasteiger partial charge in [0.2, 0.25) is 11.8 Å². The van der Waals surface area contributed by atoms with Gasteiger partial charge in [0.15, 0.2) is 0 Å². The molecule has 2 amide bonds. The van der Waals surface area contributed by atoms with E-state index in [-0.39, 0.29) is 24.8 Å². The fraction of sp³-hybridized carbons (Fsp3) is 0.312. The summed E-state index contributed by atoms with van der Waals surface area (Å²) in [6, 6.07) is 7.84. The predicted molar refractivity (Wildman–Crippen MR) is 96.8 cm³/mol. The van der Waals surface area contributed by atoms with E-state index in [1.807, 2.05) is 29.6 Å². The molecule has 2 aromatic rings. The molecule has 6 nitrogen and oxygen atoms in total. The smallest absolute Gasteiger partial charge is 0.239 e. The number of hydrogen-bond acceptors (Lipinski definition) is 5. The number of amides is 2. The van der Waals surface area contributed by atoms with Gasteiger partial charge in [-0.1, -0.05) is 28.1 Å². The first-order valence-corrected chi connectivity index (χ1v) is 8.98. The van der Waals surface area contributed by atoms with Crippen molar-refractivity contribution in [3.05, 3.63) is 39.8 Å². The Morgan fingerprint density at radius 3 is 2.88 bits per heavy atom. The molecule has 0 spiro atoms. The molecule has 0 fully saturated rings. The molecule has 0 saturated heterocycles. The first kappa shape index (κ1) is 18.6. The van der Waals surface area contributed by atoms with E-state index in [1.165, 1.54) is 11.3 Å². The third kappa shape index (κ3) is 6.03. The quantitative estimate of drug-likeness (QED) is 0.650. The van der Waals surface area contributed by atoms with Gasteiger partial charge in [0.1, 0.15) is 5.01 Å². The Bertz CT molecular complexity index is 705. The summed E-state index contributed by atoms with van der Waals surface area (Å²) in [5.41, 5.74) is 1.69. The molecule has 8 heteroatoms. The lowest BCUT2D eigenvalue weighted by atomic mass is 10.2. The lowest BCUT2D eigenvalue weighted by Gasteiger charge is -2.05. The second-order valence-electron chi connectivity index (χ2n) is 4.95. The Kier molecular flexibility index (Phi) is 7.36. The number of thiazole rings is 1. The Balaban J connectivity index is 1.81. The monoisotopic (exact) mass is 411 g/mol. The van der Waals surface area contributed by atoms with E-state index in [2.05, 4.69) is 31.5 Å². The summed E-state index contributed by atoms with van der Waals surface area (Å²) in [6.45, 7) is 0.815. The molecule has 1 aromatic carbocycles. The van der Waals surface area contributed by atoms with Gasteiger partial charge >= 0.3 is 0 Å². The molecule has 0 bridgehead atoms. The first-order valence-electron chi connectivity index (χ1n) is 7.31. The van der Waals surface area contributed by atoms with Crippen LogP contribution in [0.2, 0.25) is 0 Å². The van der Waals surface area contributed by atoms with Crippen LogP contribution in [0.1, 0.15) is 5.69 Å². The molecule has 1 heterocycles. The zero-order valence-electron chi connectivity index (χ0n) is 13.2. The molecule has 0 aliphatic heterocycles. The Labute approximate surface area is 152 Å². The third-order valence-corrected chi connectivity index (χ3v) is 4.47. The average molecular weight is 412 g/mol. The van der Waals surface area contributed by atoms with Crippen molar-refractivity contribution >= 4 is 39.1 Å². The fourth-order valence-electron chi connectivity index (χ4n) is 1.90. The highest BCUT2D eigenvalue weighted by Crippen LogP contribution is 2.26. The van der Waals surface area contributed by atoms with Gasteiger partial charge in [0, 0.05) is 29.1 Å². The van der Waals surface area contributed by atoms with Crippen LogP contribution in [0.4, 0.5) is 0 Å². The largest absolute Gasteiger partial charge is 0.383 e. The fourth-order valence-corrected chi connectivity index (χ4v) is 3.12. The zero-order chi connectivity index (χ0) is 17.4. The molecule has 0 aliphatic carbocycles. The topological polar surface area (TPSA) is 80.3 Å². The van der Waals surface area contributed by atoms with E-state index in [4.69, 9.17) is 4.74 Å². The van der Waals surface area contributed by atoms with E-state index in [0.29, 0.717) is 18.8 Å². The molecule has 24 heavy (non-hydrogen) atoms. The Hall–Kier alpha value is -1.77. The highest BCUT2D eigenvalue weighted by atomic mass is 79.9. The number of nitrogens with one attached hydrogen (secondary N) is 2. The van der Waals surface area contributed by atoms with Gasteiger partial charge < -0.3 is 15.4 Å². The second kappa shape index (κ2) is 9.51. The number of nitrogens with zero attached hydrogens (tertiary/aromatic N) is 1. The summed E-state index contributed by atoms with van der Waals surface area (Å²) in [4.78, 5) is 27.9. The maximum Gasteiger partial charge on any atom is 0.239 e. The summed E-state index contributed by atoms with van der Waals surface area (Å²) < 4.78 is 5.81. The van der Waals surface area contributed by atoms with Crippen LogP contribution in [-0.2, 0) is 20.7 Å². The SMILES string of the molecule is COCCNC(=O)CNC(=O)Cc1csc(-c2cccc(Br)c2)n1. The highest BCUT2D eigenvalue weighted by Gasteiger charge is 2.10. The number of methoxy groups -OCH3 is 1. The number of carbonyl (C=O) groups excluding carboxylic acids is 2. The number of carbonyl (C=O) groups is 2. The lowest BCUT2D eigenvalue weighted by molar-refractivity contribution is -0.125. The van der Waals surface area contributed by atoms with Gasteiger partial charge in [0.05, 0.1) is 25.3 Å². The van der Waals surface area contributed by atoms with E-state index < -0.39 is 0 Å². The van der Waals surface area contributed by atoms with Crippen molar-refractivity contribution in [3.63, 3.8) is 0 Å². The van der Waals surface area contributed by atoms with Crippen molar-refractivity contribution < 1.29 is 14.3 Å². The summed E-state index contributed by atoms with van der Waals surface area (Å²) >= 11 is 4.92. The molecule has 128 valence electrons. The van der Waals surface area contributed by atoms with Crippen molar-refractivity contribution in [1.82, 2.24) is 15.6 Å². The Morgan fingerprint density at radius 2 is 2.12 bits per heavy atom. The molecule has 0 saturated carbocycles. The van der Waals surface area contributed by atoms with E-state index >= 15 is 0 Å². The van der Waals surface area contributed by atoms with Crippen molar-refractivity contribution in [3.8, 4) is 10.6 Å². The van der Waals surface area contributed by atoms with Crippen molar-refractivity contribution in [1.29, 1.82) is 0 Å².